The van der Waals surface area contributed by atoms with Crippen molar-refractivity contribution >= 4 is 5.97 Å². The molecule has 1 aromatic heterocycles. The molecule has 0 bridgehead atoms. The number of carboxylic acid groups (broad SMARTS) is 1. The molecule has 1 N–H and O–H groups in total. The first-order chi connectivity index (χ1) is 9.21. The fourth-order valence-electron chi connectivity index (χ4n) is 1.91. The molecule has 7 heteroatoms. The molecule has 0 aliphatic heterocycles. The predicted octanol–water partition coefficient (Wildman–Crippen LogP) is 3.21. The first-order valence-corrected chi connectivity index (χ1v) is 5.68. The molecular weight excluding hydrogens is 273 g/mol. The largest absolute Gasteiger partial charge is 0.478 e. The molecule has 4 nitrogen and oxygen atoms in total. The quantitative estimate of drug-likeness (QED) is 0.921. The summed E-state index contributed by atoms with van der Waals surface area (Å²) in [6.07, 6.45) is -4.09. The summed E-state index contributed by atoms with van der Waals surface area (Å²) in [6, 6.07) is 4.95. The minimum absolute atomic E-state index is 0.213. The third-order valence-corrected chi connectivity index (χ3v) is 2.86. The van der Waals surface area contributed by atoms with Crippen LogP contribution in [0.3, 0.4) is 0 Å². The van der Waals surface area contributed by atoms with Crippen LogP contribution in [0.2, 0.25) is 0 Å². The van der Waals surface area contributed by atoms with Gasteiger partial charge in [0.25, 0.3) is 0 Å². The molecule has 0 unspecified atom stereocenters. The van der Waals surface area contributed by atoms with Crippen molar-refractivity contribution < 1.29 is 23.1 Å². The summed E-state index contributed by atoms with van der Waals surface area (Å²) >= 11 is 0. The highest BCUT2D eigenvalue weighted by molar-refractivity contribution is 5.89. The maximum Gasteiger partial charge on any atom is 0.434 e. The van der Waals surface area contributed by atoms with Crippen molar-refractivity contribution in [2.45, 2.75) is 20.0 Å². The molecule has 0 atom stereocenters. The van der Waals surface area contributed by atoms with Gasteiger partial charge in [0.15, 0.2) is 5.69 Å². The van der Waals surface area contributed by atoms with Crippen molar-refractivity contribution in [3.8, 4) is 5.69 Å². The van der Waals surface area contributed by atoms with Gasteiger partial charge in [-0.3, -0.25) is 0 Å². The molecular formula is C13H11F3N2O2. The van der Waals surface area contributed by atoms with Crippen LogP contribution in [0.1, 0.15) is 27.2 Å². The van der Waals surface area contributed by atoms with Crippen LogP contribution in [-0.4, -0.2) is 20.9 Å². The van der Waals surface area contributed by atoms with Crippen LogP contribution in [0.25, 0.3) is 5.69 Å². The molecule has 0 aliphatic rings. The zero-order valence-corrected chi connectivity index (χ0v) is 10.7. The highest BCUT2D eigenvalue weighted by Crippen LogP contribution is 2.34. The summed E-state index contributed by atoms with van der Waals surface area (Å²) in [4.78, 5) is 10.9. The van der Waals surface area contributed by atoms with E-state index >= 15 is 0 Å². The van der Waals surface area contributed by atoms with E-state index in [-0.39, 0.29) is 5.69 Å². The third-order valence-electron chi connectivity index (χ3n) is 2.86. The Balaban J connectivity index is 2.75. The molecule has 20 heavy (non-hydrogen) atoms. The van der Waals surface area contributed by atoms with Crippen LogP contribution < -0.4 is 0 Å². The standard InChI is InChI=1S/C13H11F3N2O2/c1-7-3-4-8(2)10(5-7)18-11(13(14,15)16)9(6-17-18)12(19)20/h3-6H,1-2H3,(H,19,20). The highest BCUT2D eigenvalue weighted by atomic mass is 19.4. The van der Waals surface area contributed by atoms with Gasteiger partial charge in [-0.25, -0.2) is 9.48 Å². The van der Waals surface area contributed by atoms with E-state index in [0.29, 0.717) is 16.4 Å². The van der Waals surface area contributed by atoms with Crippen molar-refractivity contribution in [2.24, 2.45) is 0 Å². The van der Waals surface area contributed by atoms with Crippen molar-refractivity contribution in [3.05, 3.63) is 46.8 Å². The second kappa shape index (κ2) is 4.66. The van der Waals surface area contributed by atoms with Crippen molar-refractivity contribution in [3.63, 3.8) is 0 Å². The number of aromatic carboxylic acids is 1. The number of benzene rings is 1. The maximum atomic E-state index is 13.1. The molecule has 0 fully saturated rings. The molecule has 0 amide bonds. The van der Waals surface area contributed by atoms with E-state index in [9.17, 15) is 18.0 Å². The normalized spacial score (nSPS) is 11.7. The minimum atomic E-state index is -4.81. The van der Waals surface area contributed by atoms with E-state index in [4.69, 9.17) is 5.11 Å². The Labute approximate surface area is 112 Å². The maximum absolute atomic E-state index is 13.1. The number of nitrogens with zero attached hydrogens (tertiary/aromatic N) is 2. The van der Waals surface area contributed by atoms with E-state index in [2.05, 4.69) is 5.10 Å². The fraction of sp³-hybridized carbons (Fsp3) is 0.231. The Morgan fingerprint density at radius 2 is 1.95 bits per heavy atom. The number of hydrogen-bond donors (Lipinski definition) is 1. The van der Waals surface area contributed by atoms with Gasteiger partial charge in [0, 0.05) is 0 Å². The molecule has 0 saturated carbocycles. The first kappa shape index (κ1) is 14.1. The molecule has 0 saturated heterocycles. The van der Waals surface area contributed by atoms with Crippen LogP contribution >= 0.6 is 0 Å². The third kappa shape index (κ3) is 2.38. The highest BCUT2D eigenvalue weighted by Gasteiger charge is 2.40. The van der Waals surface area contributed by atoms with Crippen LogP contribution in [-0.2, 0) is 6.18 Å². The lowest BCUT2D eigenvalue weighted by Gasteiger charge is -2.14. The Bertz CT molecular complexity index is 675. The van der Waals surface area contributed by atoms with Gasteiger partial charge in [-0.2, -0.15) is 18.3 Å². The Hall–Kier alpha value is -2.31. The second-order valence-electron chi connectivity index (χ2n) is 4.41. The topological polar surface area (TPSA) is 55.1 Å². The number of carboxylic acids is 1. The van der Waals surface area contributed by atoms with E-state index in [0.717, 1.165) is 5.56 Å². The molecule has 2 rings (SSSR count). The molecule has 1 heterocycles. The Morgan fingerprint density at radius 1 is 1.30 bits per heavy atom. The van der Waals surface area contributed by atoms with Crippen LogP contribution in [0, 0.1) is 13.8 Å². The summed E-state index contributed by atoms with van der Waals surface area (Å²) in [5, 5.41) is 12.5. The molecule has 0 aliphatic carbocycles. The van der Waals surface area contributed by atoms with Gasteiger partial charge in [0.05, 0.1) is 11.9 Å². The SMILES string of the molecule is Cc1ccc(C)c(-n2ncc(C(=O)O)c2C(F)(F)F)c1. The van der Waals surface area contributed by atoms with Gasteiger partial charge < -0.3 is 5.11 Å². The number of alkyl halides is 3. The summed E-state index contributed by atoms with van der Waals surface area (Å²) in [5.74, 6) is -1.66. The molecule has 106 valence electrons. The number of halogens is 3. The first-order valence-electron chi connectivity index (χ1n) is 5.68. The number of aryl methyl sites for hydroxylation is 2. The molecule has 2 aromatic rings. The van der Waals surface area contributed by atoms with Crippen molar-refractivity contribution in [1.82, 2.24) is 9.78 Å². The number of aromatic nitrogens is 2. The van der Waals surface area contributed by atoms with E-state index in [1.165, 1.54) is 6.07 Å². The van der Waals surface area contributed by atoms with Gasteiger partial charge in [0.1, 0.15) is 5.56 Å². The lowest BCUT2D eigenvalue weighted by atomic mass is 10.1. The van der Waals surface area contributed by atoms with E-state index < -0.39 is 23.4 Å². The summed E-state index contributed by atoms with van der Waals surface area (Å²) in [5.41, 5.74) is -0.603. The van der Waals surface area contributed by atoms with Crippen molar-refractivity contribution in [1.29, 1.82) is 0 Å². The average Bonchev–Trinajstić information content (AvgIpc) is 2.76. The monoisotopic (exact) mass is 284 g/mol. The minimum Gasteiger partial charge on any atom is -0.478 e. The van der Waals surface area contributed by atoms with Crippen LogP contribution in [0.15, 0.2) is 24.4 Å². The van der Waals surface area contributed by atoms with Gasteiger partial charge in [0.2, 0.25) is 0 Å². The zero-order valence-electron chi connectivity index (χ0n) is 10.7. The lowest BCUT2D eigenvalue weighted by molar-refractivity contribution is -0.143. The Kier molecular flexibility index (Phi) is 3.29. The second-order valence-corrected chi connectivity index (χ2v) is 4.41. The summed E-state index contributed by atoms with van der Waals surface area (Å²) in [6.45, 7) is 3.37. The fourth-order valence-corrected chi connectivity index (χ4v) is 1.91. The van der Waals surface area contributed by atoms with Gasteiger partial charge in [-0.15, -0.1) is 0 Å². The summed E-state index contributed by atoms with van der Waals surface area (Å²) in [7, 11) is 0. The molecule has 0 spiro atoms. The van der Waals surface area contributed by atoms with Gasteiger partial charge >= 0.3 is 12.1 Å². The Morgan fingerprint density at radius 3 is 2.50 bits per heavy atom. The molecule has 1 aromatic carbocycles. The smallest absolute Gasteiger partial charge is 0.434 e. The van der Waals surface area contributed by atoms with E-state index in [1.54, 1.807) is 26.0 Å². The number of hydrogen-bond acceptors (Lipinski definition) is 2. The average molecular weight is 284 g/mol. The van der Waals surface area contributed by atoms with E-state index in [1.807, 2.05) is 0 Å². The van der Waals surface area contributed by atoms with Crippen LogP contribution in [0.4, 0.5) is 13.2 Å². The van der Waals surface area contributed by atoms with Gasteiger partial charge in [-0.05, 0) is 31.0 Å². The molecule has 0 radical (unpaired) electrons. The zero-order chi connectivity index (χ0) is 15.1. The lowest BCUT2D eigenvalue weighted by Crippen LogP contribution is -2.18. The summed E-state index contributed by atoms with van der Waals surface area (Å²) < 4.78 is 39.9. The predicted molar refractivity (Wildman–Crippen MR) is 65.0 cm³/mol. The number of carbonyl (C=O) groups is 1. The number of rotatable bonds is 2. The van der Waals surface area contributed by atoms with Gasteiger partial charge in [-0.1, -0.05) is 12.1 Å². The van der Waals surface area contributed by atoms with Crippen molar-refractivity contribution in [2.75, 3.05) is 0 Å². The van der Waals surface area contributed by atoms with Crippen LogP contribution in [0.5, 0.6) is 0 Å².